The lowest BCUT2D eigenvalue weighted by atomic mass is 10.2. The van der Waals surface area contributed by atoms with Crippen LogP contribution in [0.2, 0.25) is 0 Å². The molecule has 0 saturated carbocycles. The number of rotatable bonds is 23. The second-order valence-electron chi connectivity index (χ2n) is 9.14. The van der Waals surface area contributed by atoms with Gasteiger partial charge in [0.15, 0.2) is 0 Å². The quantitative estimate of drug-likeness (QED) is 0.0540. The van der Waals surface area contributed by atoms with E-state index in [-0.39, 0.29) is 19.0 Å². The number of alkyl halides is 3. The average Bonchev–Trinajstić information content (AvgIpc) is 3.03. The molecule has 0 spiro atoms. The molecule has 0 aromatic heterocycles. The van der Waals surface area contributed by atoms with Gasteiger partial charge >= 0.3 is 6.18 Å². The van der Waals surface area contributed by atoms with Gasteiger partial charge in [0, 0.05) is 37.3 Å². The minimum atomic E-state index is -4.70. The summed E-state index contributed by atoms with van der Waals surface area (Å²) in [7, 11) is 1.90. The van der Waals surface area contributed by atoms with Gasteiger partial charge in [-0.05, 0) is 48.7 Å². The van der Waals surface area contributed by atoms with Gasteiger partial charge in [-0.1, -0.05) is 24.1 Å². The normalized spacial score (nSPS) is 12.2. The summed E-state index contributed by atoms with van der Waals surface area (Å²) in [5.74, 6) is 0.148. The van der Waals surface area contributed by atoms with Crippen LogP contribution in [0.1, 0.15) is 12.0 Å². The third kappa shape index (κ3) is 15.9. The minimum Gasteiger partial charge on any atom is -0.491 e. The first kappa shape index (κ1) is 37.8. The Morgan fingerprint density at radius 1 is 0.933 bits per heavy atom. The predicted molar refractivity (Wildman–Crippen MR) is 173 cm³/mol. The summed E-state index contributed by atoms with van der Waals surface area (Å²) in [5.41, 5.74) is 1.00. The molecule has 45 heavy (non-hydrogen) atoms. The summed E-state index contributed by atoms with van der Waals surface area (Å²) < 4.78 is 70.8. The van der Waals surface area contributed by atoms with Crippen molar-refractivity contribution in [2.45, 2.75) is 19.1 Å². The highest BCUT2D eigenvalue weighted by molar-refractivity contribution is 7.99. The molecule has 0 amide bonds. The fourth-order valence-electron chi connectivity index (χ4n) is 3.56. The molecular formula is C31H41F3N4O6S. The van der Waals surface area contributed by atoms with Crippen LogP contribution in [-0.2, 0) is 30.3 Å². The summed E-state index contributed by atoms with van der Waals surface area (Å²) in [5, 5.41) is 2.78. The molecule has 10 nitrogen and oxygen atoms in total. The van der Waals surface area contributed by atoms with Crippen LogP contribution in [0, 0.1) is 0 Å². The van der Waals surface area contributed by atoms with Crippen LogP contribution in [0.5, 0.6) is 5.75 Å². The third-order valence-corrected chi connectivity index (χ3v) is 6.62. The number of aliphatic imine (C=N–C) groups is 2. The fraction of sp³-hybridized carbons (Fsp3) is 0.452. The number of nitrogens with one attached hydrogen (secondary N) is 1. The van der Waals surface area contributed by atoms with Crippen molar-refractivity contribution in [3.63, 3.8) is 0 Å². The molecule has 0 radical (unpaired) electrons. The molecule has 14 heteroatoms. The van der Waals surface area contributed by atoms with Crippen LogP contribution in [0.3, 0.4) is 0 Å². The van der Waals surface area contributed by atoms with Crippen LogP contribution in [0.15, 0.2) is 70.3 Å². The van der Waals surface area contributed by atoms with Gasteiger partial charge < -0.3 is 38.1 Å². The van der Waals surface area contributed by atoms with Gasteiger partial charge in [-0.3, -0.25) is 9.98 Å². The zero-order valence-electron chi connectivity index (χ0n) is 25.6. The second kappa shape index (κ2) is 22.1. The maximum absolute atomic E-state index is 13.9. The van der Waals surface area contributed by atoms with Gasteiger partial charge in [-0.2, -0.15) is 13.2 Å². The molecule has 2 rings (SSSR count). The summed E-state index contributed by atoms with van der Waals surface area (Å²) in [6.07, 6.45) is -0.939. The third-order valence-electron chi connectivity index (χ3n) is 5.86. The molecule has 0 unspecified atom stereocenters. The van der Waals surface area contributed by atoms with Crippen molar-refractivity contribution in [1.82, 2.24) is 0 Å². The van der Waals surface area contributed by atoms with Gasteiger partial charge in [-0.15, -0.1) is 0 Å². The van der Waals surface area contributed by atoms with E-state index in [2.05, 4.69) is 22.0 Å². The molecule has 0 fully saturated rings. The topological polar surface area (TPSA) is 103 Å². The zero-order chi connectivity index (χ0) is 32.8. The number of amidine groups is 1. The number of halogens is 3. The molecule has 2 aromatic rings. The van der Waals surface area contributed by atoms with Crippen molar-refractivity contribution in [3.8, 4) is 5.75 Å². The lowest BCUT2D eigenvalue weighted by Gasteiger charge is -2.17. The van der Waals surface area contributed by atoms with Gasteiger partial charge in [-0.25, -0.2) is 0 Å². The van der Waals surface area contributed by atoms with Crippen molar-refractivity contribution in [2.75, 3.05) is 82.4 Å². The van der Waals surface area contributed by atoms with Crippen LogP contribution >= 0.6 is 11.9 Å². The number of hydrogen-bond acceptors (Lipinski definition) is 10. The molecule has 0 aliphatic heterocycles. The van der Waals surface area contributed by atoms with E-state index in [1.165, 1.54) is 11.9 Å². The Hall–Kier alpha value is -3.43. The molecule has 0 atom stereocenters. The van der Waals surface area contributed by atoms with E-state index in [9.17, 15) is 18.0 Å². The van der Waals surface area contributed by atoms with Gasteiger partial charge in [0.2, 0.25) is 0 Å². The SMILES string of the molecule is C=N/C=C(\C(=NCc1cccc(N(C)SC)c1)Nc1ccc(OCCOCCOCCOCCOCCC=O)cc1)C(F)(F)F. The average molecular weight is 655 g/mol. The van der Waals surface area contributed by atoms with Crippen molar-refractivity contribution >= 4 is 42.2 Å². The van der Waals surface area contributed by atoms with E-state index in [4.69, 9.17) is 23.7 Å². The highest BCUT2D eigenvalue weighted by Crippen LogP contribution is 2.29. The monoisotopic (exact) mass is 654 g/mol. The maximum atomic E-state index is 13.9. The minimum absolute atomic E-state index is 0.0165. The summed E-state index contributed by atoms with van der Waals surface area (Å²) in [6, 6.07) is 13.9. The molecule has 0 aliphatic rings. The molecular weight excluding hydrogens is 613 g/mol. The highest BCUT2D eigenvalue weighted by Gasteiger charge is 2.37. The first-order valence-corrected chi connectivity index (χ1v) is 15.4. The zero-order valence-corrected chi connectivity index (χ0v) is 26.4. The van der Waals surface area contributed by atoms with E-state index in [0.29, 0.717) is 76.9 Å². The summed E-state index contributed by atoms with van der Waals surface area (Å²) in [6.45, 7) is 6.73. The predicted octanol–water partition coefficient (Wildman–Crippen LogP) is 5.59. The van der Waals surface area contributed by atoms with E-state index < -0.39 is 11.7 Å². The van der Waals surface area contributed by atoms with Crippen molar-refractivity contribution in [1.29, 1.82) is 0 Å². The van der Waals surface area contributed by atoms with Gasteiger partial charge in [0.05, 0.1) is 59.4 Å². The van der Waals surface area contributed by atoms with Gasteiger partial charge in [0.25, 0.3) is 0 Å². The van der Waals surface area contributed by atoms with E-state index in [1.807, 2.05) is 35.8 Å². The number of benzene rings is 2. The van der Waals surface area contributed by atoms with Crippen LogP contribution < -0.4 is 14.4 Å². The number of carbonyl (C=O) groups is 1. The lowest BCUT2D eigenvalue weighted by Crippen LogP contribution is -2.26. The van der Waals surface area contributed by atoms with Crippen molar-refractivity contribution in [2.24, 2.45) is 9.98 Å². The molecule has 2 aromatic carbocycles. The Morgan fingerprint density at radius 3 is 2.09 bits per heavy atom. The highest BCUT2D eigenvalue weighted by atomic mass is 32.2. The van der Waals surface area contributed by atoms with Gasteiger partial charge in [0.1, 0.15) is 30.1 Å². The largest absolute Gasteiger partial charge is 0.491 e. The lowest BCUT2D eigenvalue weighted by molar-refractivity contribution is -0.109. The molecule has 0 heterocycles. The Morgan fingerprint density at radius 2 is 1.53 bits per heavy atom. The summed E-state index contributed by atoms with van der Waals surface area (Å²) >= 11 is 1.52. The summed E-state index contributed by atoms with van der Waals surface area (Å²) in [4.78, 5) is 17.8. The standard InChI is InChI=1S/C31H41F3N4O6S/c1-35-24-29(31(32,33)34)30(36-23-25-6-4-7-27(22-25)38(2)45-3)37-26-8-10-28(11-9-26)44-21-20-43-19-18-42-17-16-41-15-14-40-13-5-12-39/h4,6-12,22,24H,1,5,13-21,23H2,2-3H3,(H,36,37)/b29-24+. The van der Waals surface area contributed by atoms with E-state index >= 15 is 0 Å². The van der Waals surface area contributed by atoms with Crippen molar-refractivity contribution < 1.29 is 41.7 Å². The number of hydrogen-bond donors (Lipinski definition) is 1. The molecule has 1 N–H and O–H groups in total. The number of nitrogens with zero attached hydrogens (tertiary/aromatic N) is 3. The smallest absolute Gasteiger partial charge is 0.421 e. The molecule has 248 valence electrons. The molecule has 0 aliphatic carbocycles. The first-order chi connectivity index (χ1) is 21.8. The number of carbonyl (C=O) groups excluding carboxylic acids is 1. The number of ether oxygens (including phenoxy) is 5. The van der Waals surface area contributed by atoms with E-state index in [1.54, 1.807) is 30.3 Å². The fourth-order valence-corrected chi connectivity index (χ4v) is 3.89. The van der Waals surface area contributed by atoms with Crippen molar-refractivity contribution in [3.05, 3.63) is 65.9 Å². The van der Waals surface area contributed by atoms with Crippen LogP contribution in [-0.4, -0.2) is 97.8 Å². The Bertz CT molecular complexity index is 1200. The van der Waals surface area contributed by atoms with E-state index in [0.717, 1.165) is 17.5 Å². The van der Waals surface area contributed by atoms with Crippen LogP contribution in [0.4, 0.5) is 24.5 Å². The maximum Gasteiger partial charge on any atom is 0.421 e. The van der Waals surface area contributed by atoms with Crippen LogP contribution in [0.25, 0.3) is 0 Å². The number of anilines is 2. The first-order valence-electron chi connectivity index (χ1n) is 14.2. The molecule has 0 saturated heterocycles. The Kier molecular flexibility index (Phi) is 18.6. The Labute approximate surface area is 266 Å². The number of aldehydes is 1. The molecule has 0 bridgehead atoms. The second-order valence-corrected chi connectivity index (χ2v) is 10.1. The Balaban J connectivity index is 1.81.